The van der Waals surface area contributed by atoms with Crippen LogP contribution in [0.2, 0.25) is 5.02 Å². The summed E-state index contributed by atoms with van der Waals surface area (Å²) >= 11 is 6.50. The smallest absolute Gasteiger partial charge is 0.257 e. The van der Waals surface area contributed by atoms with Gasteiger partial charge in [0.15, 0.2) is 5.88 Å². The van der Waals surface area contributed by atoms with Crippen molar-refractivity contribution in [2.75, 3.05) is 13.1 Å². The van der Waals surface area contributed by atoms with Gasteiger partial charge in [-0.1, -0.05) is 41.9 Å². The van der Waals surface area contributed by atoms with Crippen molar-refractivity contribution in [2.24, 2.45) is 0 Å². The van der Waals surface area contributed by atoms with Crippen molar-refractivity contribution in [3.8, 4) is 11.1 Å². The van der Waals surface area contributed by atoms with Gasteiger partial charge in [-0.25, -0.2) is 0 Å². The van der Waals surface area contributed by atoms with E-state index in [9.17, 15) is 9.90 Å². The standard InChI is InChI=1S/C20H21ClN2O2/c1-13-11-16(17(21)12-15(13)14-7-3-2-4-8-14)18-19(24)22-9-5-6-10-23-20(18)25/h2-4,7-8,11-12,22,24H,5-6,9-10H2,1H3,(H,23,25)/b19-18+. The first-order valence-electron chi connectivity index (χ1n) is 8.39. The number of amides is 1. The zero-order valence-electron chi connectivity index (χ0n) is 14.1. The van der Waals surface area contributed by atoms with Gasteiger partial charge in [-0.2, -0.15) is 0 Å². The Morgan fingerprint density at radius 3 is 2.40 bits per heavy atom. The molecule has 1 aliphatic heterocycles. The van der Waals surface area contributed by atoms with Crippen LogP contribution < -0.4 is 10.6 Å². The fourth-order valence-electron chi connectivity index (χ4n) is 2.99. The van der Waals surface area contributed by atoms with Gasteiger partial charge >= 0.3 is 0 Å². The number of hydrogen-bond acceptors (Lipinski definition) is 3. The van der Waals surface area contributed by atoms with E-state index in [1.807, 2.05) is 49.4 Å². The Kier molecular flexibility index (Phi) is 5.29. The van der Waals surface area contributed by atoms with Gasteiger partial charge in [-0.05, 0) is 48.6 Å². The van der Waals surface area contributed by atoms with Crippen LogP contribution in [0, 0.1) is 6.92 Å². The molecule has 0 spiro atoms. The highest BCUT2D eigenvalue weighted by molar-refractivity contribution is 6.35. The molecule has 0 aromatic heterocycles. The van der Waals surface area contributed by atoms with Crippen molar-refractivity contribution >= 4 is 23.1 Å². The van der Waals surface area contributed by atoms with E-state index in [1.165, 1.54) is 0 Å². The van der Waals surface area contributed by atoms with Crippen molar-refractivity contribution in [2.45, 2.75) is 19.8 Å². The Morgan fingerprint density at radius 2 is 1.68 bits per heavy atom. The number of aliphatic hydroxyl groups excluding tert-OH is 1. The van der Waals surface area contributed by atoms with Crippen LogP contribution in [0.15, 0.2) is 48.3 Å². The van der Waals surface area contributed by atoms with E-state index < -0.39 is 0 Å². The molecule has 4 nitrogen and oxygen atoms in total. The molecule has 3 N–H and O–H groups in total. The monoisotopic (exact) mass is 356 g/mol. The van der Waals surface area contributed by atoms with Crippen LogP contribution in [0.3, 0.4) is 0 Å². The van der Waals surface area contributed by atoms with Crippen LogP contribution in [0.5, 0.6) is 0 Å². The third kappa shape index (κ3) is 3.80. The highest BCUT2D eigenvalue weighted by Crippen LogP contribution is 2.33. The number of rotatable bonds is 2. The molecule has 0 fully saturated rings. The van der Waals surface area contributed by atoms with Gasteiger partial charge in [-0.3, -0.25) is 4.79 Å². The molecule has 130 valence electrons. The minimum atomic E-state index is -0.319. The van der Waals surface area contributed by atoms with E-state index in [2.05, 4.69) is 10.6 Å². The number of aryl methyl sites for hydroxylation is 1. The molecular weight excluding hydrogens is 336 g/mol. The summed E-state index contributed by atoms with van der Waals surface area (Å²) in [7, 11) is 0. The average molecular weight is 357 g/mol. The average Bonchev–Trinajstić information content (AvgIpc) is 2.68. The number of carbonyl (C=O) groups is 1. The second-order valence-corrected chi connectivity index (χ2v) is 6.53. The van der Waals surface area contributed by atoms with E-state index in [-0.39, 0.29) is 17.4 Å². The fourth-order valence-corrected chi connectivity index (χ4v) is 3.25. The van der Waals surface area contributed by atoms with Gasteiger partial charge in [0.05, 0.1) is 0 Å². The lowest BCUT2D eigenvalue weighted by atomic mass is 9.95. The number of aliphatic hydroxyl groups is 1. The molecule has 0 bridgehead atoms. The van der Waals surface area contributed by atoms with Crippen LogP contribution in [0.4, 0.5) is 0 Å². The first-order chi connectivity index (χ1) is 12.1. The summed E-state index contributed by atoms with van der Waals surface area (Å²) in [5.74, 6) is -0.450. The van der Waals surface area contributed by atoms with E-state index in [1.54, 1.807) is 0 Å². The van der Waals surface area contributed by atoms with Crippen LogP contribution in [0.25, 0.3) is 16.7 Å². The third-order valence-corrected chi connectivity index (χ3v) is 4.63. The lowest BCUT2D eigenvalue weighted by Crippen LogP contribution is -2.27. The summed E-state index contributed by atoms with van der Waals surface area (Å²) in [6.07, 6.45) is 1.73. The summed E-state index contributed by atoms with van der Waals surface area (Å²) in [5.41, 5.74) is 3.77. The molecule has 0 saturated carbocycles. The lowest BCUT2D eigenvalue weighted by Gasteiger charge is -2.15. The predicted octanol–water partition coefficient (Wildman–Crippen LogP) is 4.04. The maximum atomic E-state index is 12.5. The number of hydrogen-bond donors (Lipinski definition) is 3. The topological polar surface area (TPSA) is 61.4 Å². The summed E-state index contributed by atoms with van der Waals surface area (Å²) in [6.45, 7) is 3.17. The summed E-state index contributed by atoms with van der Waals surface area (Å²) in [4.78, 5) is 12.5. The Balaban J connectivity index is 2.08. The molecule has 1 amide bonds. The number of carbonyl (C=O) groups excluding carboxylic acids is 1. The van der Waals surface area contributed by atoms with Gasteiger partial charge in [0.1, 0.15) is 5.57 Å². The van der Waals surface area contributed by atoms with Gasteiger partial charge in [-0.15, -0.1) is 0 Å². The van der Waals surface area contributed by atoms with Crippen molar-refractivity contribution < 1.29 is 9.90 Å². The molecule has 5 heteroatoms. The molecule has 0 saturated heterocycles. The minimum absolute atomic E-state index is 0.131. The van der Waals surface area contributed by atoms with Crippen molar-refractivity contribution in [1.29, 1.82) is 0 Å². The maximum Gasteiger partial charge on any atom is 0.257 e. The summed E-state index contributed by atoms with van der Waals surface area (Å²) < 4.78 is 0. The van der Waals surface area contributed by atoms with E-state index in [0.29, 0.717) is 23.7 Å². The molecule has 25 heavy (non-hydrogen) atoms. The number of halogens is 1. The van der Waals surface area contributed by atoms with Crippen molar-refractivity contribution in [3.63, 3.8) is 0 Å². The number of nitrogens with one attached hydrogen (secondary N) is 2. The Morgan fingerprint density at radius 1 is 1.00 bits per heavy atom. The summed E-state index contributed by atoms with van der Waals surface area (Å²) in [6, 6.07) is 13.6. The lowest BCUT2D eigenvalue weighted by molar-refractivity contribution is -0.115. The van der Waals surface area contributed by atoms with Gasteiger partial charge in [0, 0.05) is 23.7 Å². The van der Waals surface area contributed by atoms with E-state index in [4.69, 9.17) is 11.6 Å². The Bertz CT molecular complexity index is 816. The largest absolute Gasteiger partial charge is 0.494 e. The second kappa shape index (κ2) is 7.62. The normalized spacial score (nSPS) is 18.6. The van der Waals surface area contributed by atoms with Crippen LogP contribution in [0.1, 0.15) is 24.0 Å². The first kappa shape index (κ1) is 17.4. The molecule has 1 aliphatic rings. The van der Waals surface area contributed by atoms with Gasteiger partial charge in [0.2, 0.25) is 0 Å². The molecule has 2 aromatic carbocycles. The van der Waals surface area contributed by atoms with E-state index >= 15 is 0 Å². The zero-order chi connectivity index (χ0) is 17.8. The summed E-state index contributed by atoms with van der Waals surface area (Å²) in [5, 5.41) is 16.6. The molecule has 0 atom stereocenters. The maximum absolute atomic E-state index is 12.5. The van der Waals surface area contributed by atoms with Crippen LogP contribution in [-0.2, 0) is 4.79 Å². The molecule has 2 aromatic rings. The molecule has 1 heterocycles. The fraction of sp³-hybridized carbons (Fsp3) is 0.250. The molecule has 0 aliphatic carbocycles. The van der Waals surface area contributed by atoms with E-state index in [0.717, 1.165) is 29.5 Å². The highest BCUT2D eigenvalue weighted by Gasteiger charge is 2.22. The molecule has 0 radical (unpaired) electrons. The van der Waals surface area contributed by atoms with Crippen molar-refractivity contribution in [1.82, 2.24) is 10.6 Å². The van der Waals surface area contributed by atoms with Crippen LogP contribution in [-0.4, -0.2) is 24.1 Å². The number of benzene rings is 2. The first-order valence-corrected chi connectivity index (χ1v) is 8.77. The molecular formula is C20H21ClN2O2. The van der Waals surface area contributed by atoms with Gasteiger partial charge < -0.3 is 15.7 Å². The van der Waals surface area contributed by atoms with Crippen LogP contribution >= 0.6 is 11.6 Å². The minimum Gasteiger partial charge on any atom is -0.494 e. The van der Waals surface area contributed by atoms with Gasteiger partial charge in [0.25, 0.3) is 5.91 Å². The Hall–Kier alpha value is -2.46. The molecule has 0 unspecified atom stereocenters. The third-order valence-electron chi connectivity index (χ3n) is 4.31. The quantitative estimate of drug-likeness (QED) is 0.761. The highest BCUT2D eigenvalue weighted by atomic mass is 35.5. The zero-order valence-corrected chi connectivity index (χ0v) is 14.9. The van der Waals surface area contributed by atoms with Crippen molar-refractivity contribution in [3.05, 3.63) is 64.5 Å². The molecule has 3 rings (SSSR count). The Labute approximate surface area is 152 Å². The SMILES string of the molecule is Cc1cc(/C2=C(\O)NCCCCNC2=O)c(Cl)cc1-c1ccccc1. The predicted molar refractivity (Wildman–Crippen MR) is 101 cm³/mol. The second-order valence-electron chi connectivity index (χ2n) is 6.13.